The number of nitrogens with zero attached hydrogens (tertiary/aromatic N) is 2. The summed E-state index contributed by atoms with van der Waals surface area (Å²) in [6.45, 7) is 4.50. The molecule has 144 valence electrons. The summed E-state index contributed by atoms with van der Waals surface area (Å²) in [5.41, 5.74) is 9.46. The summed E-state index contributed by atoms with van der Waals surface area (Å²) >= 11 is 1.28. The molecule has 0 bridgehead atoms. The second-order valence-electron chi connectivity index (χ2n) is 7.64. The van der Waals surface area contributed by atoms with Gasteiger partial charge in [0, 0.05) is 18.7 Å². The highest BCUT2D eigenvalue weighted by atomic mass is 32.1. The Balaban J connectivity index is 1.67. The van der Waals surface area contributed by atoms with E-state index in [1.54, 1.807) is 6.07 Å². The van der Waals surface area contributed by atoms with Crippen LogP contribution in [0.15, 0.2) is 24.4 Å². The first-order valence-electron chi connectivity index (χ1n) is 8.91. The van der Waals surface area contributed by atoms with E-state index in [2.05, 4.69) is 18.9 Å². The van der Waals surface area contributed by atoms with Gasteiger partial charge in [0.25, 0.3) is 5.91 Å². The molecule has 2 aliphatic rings. The van der Waals surface area contributed by atoms with Gasteiger partial charge in [-0.25, -0.2) is 0 Å². The third-order valence-electron chi connectivity index (χ3n) is 5.28. The fourth-order valence-electron chi connectivity index (χ4n) is 3.94. The summed E-state index contributed by atoms with van der Waals surface area (Å²) in [7, 11) is 1.90. The van der Waals surface area contributed by atoms with Crippen molar-refractivity contribution in [3.8, 4) is 33.6 Å². The number of nitrogens with two attached hydrogens (primary N) is 1. The van der Waals surface area contributed by atoms with Crippen LogP contribution in [0.25, 0.3) is 11.3 Å². The lowest BCUT2D eigenvalue weighted by Crippen LogP contribution is -2.26. The van der Waals surface area contributed by atoms with Gasteiger partial charge in [-0.15, -0.1) is 0 Å². The summed E-state index contributed by atoms with van der Waals surface area (Å²) < 4.78 is 18.8. The highest BCUT2D eigenvalue weighted by molar-refractivity contribution is 7.16. The van der Waals surface area contributed by atoms with Crippen molar-refractivity contribution in [1.29, 1.82) is 0 Å². The van der Waals surface area contributed by atoms with Crippen molar-refractivity contribution in [3.63, 3.8) is 0 Å². The average Bonchev–Trinajstić information content (AvgIpc) is 3.32. The average molecular weight is 397 g/mol. The molecule has 28 heavy (non-hydrogen) atoms. The zero-order valence-electron chi connectivity index (χ0n) is 15.7. The number of carbonyl (C=O) groups excluding carboxylic acids is 1. The predicted octanol–water partition coefficient (Wildman–Crippen LogP) is 3.60. The van der Waals surface area contributed by atoms with Gasteiger partial charge in [0.15, 0.2) is 16.6 Å². The molecule has 3 aromatic rings. The Labute approximate surface area is 165 Å². The molecule has 0 saturated carbocycles. The van der Waals surface area contributed by atoms with E-state index in [0.717, 1.165) is 22.4 Å². The lowest BCUT2D eigenvalue weighted by Gasteiger charge is -2.30. The second kappa shape index (κ2) is 5.75. The van der Waals surface area contributed by atoms with Crippen molar-refractivity contribution in [3.05, 3.63) is 40.4 Å². The van der Waals surface area contributed by atoms with Gasteiger partial charge < -0.3 is 19.9 Å². The molecule has 5 rings (SSSR count). The molecule has 0 spiro atoms. The SMILES string of the molecule is Cn1ncc2c1-c1c(Oc3ccc4c(c3)OCO4)sc(C(N)=O)c1CC2(C)C. The minimum Gasteiger partial charge on any atom is -0.454 e. The third-order valence-corrected chi connectivity index (χ3v) is 6.40. The zero-order chi connectivity index (χ0) is 19.6. The fourth-order valence-corrected chi connectivity index (χ4v) is 4.98. The van der Waals surface area contributed by atoms with E-state index in [1.165, 1.54) is 11.3 Å². The van der Waals surface area contributed by atoms with Crippen molar-refractivity contribution < 1.29 is 19.0 Å². The molecule has 1 aliphatic carbocycles. The van der Waals surface area contributed by atoms with E-state index in [-0.39, 0.29) is 12.2 Å². The molecule has 8 heteroatoms. The minimum atomic E-state index is -0.441. The van der Waals surface area contributed by atoms with Gasteiger partial charge in [-0.3, -0.25) is 9.48 Å². The standard InChI is InChI=1S/C20H19N3O4S/c1-20(2)7-11-15(16-12(20)8-22-23(16)3)19(28-17(11)18(21)24)27-10-4-5-13-14(6-10)26-9-25-13/h4-6,8H,7,9H2,1-3H3,(H2,21,24). The van der Waals surface area contributed by atoms with Crippen molar-refractivity contribution in [2.75, 3.05) is 6.79 Å². The van der Waals surface area contributed by atoms with Crippen LogP contribution in [0.5, 0.6) is 22.3 Å². The quantitative estimate of drug-likeness (QED) is 0.729. The smallest absolute Gasteiger partial charge is 0.259 e. The molecule has 2 N–H and O–H groups in total. The number of ether oxygens (including phenoxy) is 3. The van der Waals surface area contributed by atoms with Gasteiger partial charge in [0.2, 0.25) is 6.79 Å². The van der Waals surface area contributed by atoms with Gasteiger partial charge >= 0.3 is 0 Å². The number of rotatable bonds is 3. The second-order valence-corrected chi connectivity index (χ2v) is 8.63. The van der Waals surface area contributed by atoms with E-state index in [0.29, 0.717) is 33.6 Å². The zero-order valence-corrected chi connectivity index (χ0v) is 16.6. The first-order valence-corrected chi connectivity index (χ1v) is 9.72. The lowest BCUT2D eigenvalue weighted by atomic mass is 9.73. The Morgan fingerprint density at radius 1 is 1.32 bits per heavy atom. The van der Waals surface area contributed by atoms with Crippen LogP contribution in [0.4, 0.5) is 0 Å². The predicted molar refractivity (Wildman–Crippen MR) is 104 cm³/mol. The maximum Gasteiger partial charge on any atom is 0.259 e. The first kappa shape index (κ1) is 17.1. The van der Waals surface area contributed by atoms with E-state index >= 15 is 0 Å². The van der Waals surface area contributed by atoms with Crippen LogP contribution in [0.3, 0.4) is 0 Å². The minimum absolute atomic E-state index is 0.155. The van der Waals surface area contributed by atoms with Gasteiger partial charge in [-0.2, -0.15) is 5.10 Å². The fraction of sp³-hybridized carbons (Fsp3) is 0.300. The Kier molecular flexibility index (Phi) is 3.51. The molecular formula is C20H19N3O4S. The van der Waals surface area contributed by atoms with Crippen LogP contribution in [0.2, 0.25) is 0 Å². The van der Waals surface area contributed by atoms with Gasteiger partial charge in [-0.1, -0.05) is 25.2 Å². The number of hydrogen-bond donors (Lipinski definition) is 1. The number of carbonyl (C=O) groups is 1. The highest BCUT2D eigenvalue weighted by Gasteiger charge is 2.39. The number of amides is 1. The number of aromatic nitrogens is 2. The van der Waals surface area contributed by atoms with Crippen LogP contribution < -0.4 is 19.9 Å². The van der Waals surface area contributed by atoms with E-state index in [4.69, 9.17) is 19.9 Å². The maximum absolute atomic E-state index is 12.2. The molecule has 0 atom stereocenters. The number of fused-ring (bicyclic) bond motifs is 4. The number of hydrogen-bond acceptors (Lipinski definition) is 6. The number of thiophene rings is 1. The van der Waals surface area contributed by atoms with Gasteiger partial charge in [0.1, 0.15) is 5.75 Å². The monoisotopic (exact) mass is 397 g/mol. The largest absolute Gasteiger partial charge is 0.454 e. The Hall–Kier alpha value is -3.00. The molecule has 1 aromatic carbocycles. The molecule has 1 amide bonds. The van der Waals surface area contributed by atoms with E-state index in [1.807, 2.05) is 30.1 Å². The molecule has 0 unspecified atom stereocenters. The molecule has 2 aromatic heterocycles. The lowest BCUT2D eigenvalue weighted by molar-refractivity contribution is 0.100. The van der Waals surface area contributed by atoms with Crippen molar-refractivity contribution in [2.24, 2.45) is 12.8 Å². The first-order chi connectivity index (χ1) is 13.3. The van der Waals surface area contributed by atoms with Gasteiger partial charge in [-0.05, 0) is 29.5 Å². The number of aryl methyl sites for hydroxylation is 1. The Morgan fingerprint density at radius 3 is 2.89 bits per heavy atom. The van der Waals surface area contributed by atoms with Gasteiger partial charge in [0.05, 0.1) is 22.3 Å². The van der Waals surface area contributed by atoms with E-state index in [9.17, 15) is 4.79 Å². The highest BCUT2D eigenvalue weighted by Crippen LogP contribution is 2.53. The van der Waals surface area contributed by atoms with Crippen LogP contribution >= 0.6 is 11.3 Å². The summed E-state index contributed by atoms with van der Waals surface area (Å²) in [5.74, 6) is 1.50. The summed E-state index contributed by atoms with van der Waals surface area (Å²) in [4.78, 5) is 12.7. The van der Waals surface area contributed by atoms with Crippen LogP contribution in [0, 0.1) is 0 Å². The molecule has 7 nitrogen and oxygen atoms in total. The summed E-state index contributed by atoms with van der Waals surface area (Å²) in [6.07, 6.45) is 2.59. The third kappa shape index (κ3) is 2.41. The number of primary amides is 1. The summed E-state index contributed by atoms with van der Waals surface area (Å²) in [5, 5.41) is 5.08. The molecule has 3 heterocycles. The maximum atomic E-state index is 12.2. The topological polar surface area (TPSA) is 88.6 Å². The van der Waals surface area contributed by atoms with Crippen LogP contribution in [-0.4, -0.2) is 22.5 Å². The molecular weight excluding hydrogens is 378 g/mol. The molecule has 1 aliphatic heterocycles. The van der Waals surface area contributed by atoms with Crippen molar-refractivity contribution in [2.45, 2.75) is 25.7 Å². The Bertz CT molecular complexity index is 1130. The molecule has 0 fully saturated rings. The molecule has 0 radical (unpaired) electrons. The Morgan fingerprint density at radius 2 is 2.11 bits per heavy atom. The van der Waals surface area contributed by atoms with Crippen molar-refractivity contribution in [1.82, 2.24) is 9.78 Å². The normalized spacial score (nSPS) is 15.8. The number of benzene rings is 1. The van der Waals surface area contributed by atoms with Crippen LogP contribution in [-0.2, 0) is 18.9 Å². The van der Waals surface area contributed by atoms with Crippen LogP contribution in [0.1, 0.15) is 34.6 Å². The van der Waals surface area contributed by atoms with Crippen molar-refractivity contribution >= 4 is 17.2 Å². The van der Waals surface area contributed by atoms with E-state index < -0.39 is 5.91 Å². The molecule has 0 saturated heterocycles. The summed E-state index contributed by atoms with van der Waals surface area (Å²) in [6, 6.07) is 5.42.